The van der Waals surface area contributed by atoms with Crippen molar-refractivity contribution in [3.05, 3.63) is 54.4 Å². The van der Waals surface area contributed by atoms with Crippen molar-refractivity contribution in [2.45, 2.75) is 4.90 Å². The second-order valence-corrected chi connectivity index (χ2v) is 5.22. The SMILES string of the molecule is CSc1ccccc1Nc1nc2ccccn2c1C(=O)O. The lowest BCUT2D eigenvalue weighted by molar-refractivity contribution is 0.0690. The Kier molecular flexibility index (Phi) is 3.53. The third kappa shape index (κ3) is 2.45. The summed E-state index contributed by atoms with van der Waals surface area (Å²) in [6.07, 6.45) is 3.67. The maximum absolute atomic E-state index is 11.5. The number of carboxylic acids is 1. The first-order chi connectivity index (χ1) is 10.2. The number of imidazole rings is 1. The molecule has 0 saturated heterocycles. The Labute approximate surface area is 125 Å². The molecule has 2 heterocycles. The largest absolute Gasteiger partial charge is 0.476 e. The van der Waals surface area contributed by atoms with Crippen LogP contribution in [0.25, 0.3) is 5.65 Å². The van der Waals surface area contributed by atoms with Crippen molar-refractivity contribution >= 4 is 34.9 Å². The van der Waals surface area contributed by atoms with Crippen LogP contribution in [0.5, 0.6) is 0 Å². The quantitative estimate of drug-likeness (QED) is 0.722. The summed E-state index contributed by atoms with van der Waals surface area (Å²) in [6.45, 7) is 0. The maximum Gasteiger partial charge on any atom is 0.356 e. The van der Waals surface area contributed by atoms with Crippen LogP contribution in [0.2, 0.25) is 0 Å². The predicted molar refractivity (Wildman–Crippen MR) is 83.7 cm³/mol. The second kappa shape index (κ2) is 5.49. The highest BCUT2D eigenvalue weighted by Crippen LogP contribution is 2.29. The summed E-state index contributed by atoms with van der Waals surface area (Å²) in [6, 6.07) is 13.1. The molecule has 0 saturated carbocycles. The van der Waals surface area contributed by atoms with Crippen molar-refractivity contribution < 1.29 is 9.90 Å². The van der Waals surface area contributed by atoms with Gasteiger partial charge in [-0.3, -0.25) is 4.40 Å². The molecular formula is C15H13N3O2S. The van der Waals surface area contributed by atoms with Gasteiger partial charge >= 0.3 is 5.97 Å². The molecule has 2 aromatic heterocycles. The number of hydrogen-bond acceptors (Lipinski definition) is 4. The summed E-state index contributed by atoms with van der Waals surface area (Å²) >= 11 is 1.59. The fourth-order valence-electron chi connectivity index (χ4n) is 2.16. The smallest absolute Gasteiger partial charge is 0.356 e. The molecule has 0 unspecified atom stereocenters. The number of hydrogen-bond donors (Lipinski definition) is 2. The molecule has 0 bridgehead atoms. The van der Waals surface area contributed by atoms with Gasteiger partial charge < -0.3 is 10.4 Å². The van der Waals surface area contributed by atoms with E-state index in [0.29, 0.717) is 11.5 Å². The Morgan fingerprint density at radius 2 is 2.00 bits per heavy atom. The number of carbonyl (C=O) groups is 1. The summed E-state index contributed by atoms with van der Waals surface area (Å²) < 4.78 is 1.56. The number of fused-ring (bicyclic) bond motifs is 1. The average molecular weight is 299 g/mol. The van der Waals surface area contributed by atoms with Gasteiger partial charge in [0.05, 0.1) is 5.69 Å². The van der Waals surface area contributed by atoms with E-state index in [-0.39, 0.29) is 5.69 Å². The van der Waals surface area contributed by atoms with E-state index >= 15 is 0 Å². The van der Waals surface area contributed by atoms with E-state index in [9.17, 15) is 9.90 Å². The normalized spacial score (nSPS) is 10.7. The lowest BCUT2D eigenvalue weighted by Crippen LogP contribution is -2.05. The minimum atomic E-state index is -1.02. The number of aromatic nitrogens is 2. The van der Waals surface area contributed by atoms with Gasteiger partial charge in [0.25, 0.3) is 0 Å². The van der Waals surface area contributed by atoms with Gasteiger partial charge in [-0.25, -0.2) is 9.78 Å². The van der Waals surface area contributed by atoms with Crippen LogP contribution in [0.3, 0.4) is 0 Å². The van der Waals surface area contributed by atoms with Gasteiger partial charge in [-0.2, -0.15) is 0 Å². The predicted octanol–water partition coefficient (Wildman–Crippen LogP) is 3.50. The number of para-hydroxylation sites is 1. The van der Waals surface area contributed by atoms with Crippen LogP contribution in [0, 0.1) is 0 Å². The standard InChI is InChI=1S/C15H13N3O2S/c1-21-11-7-3-2-6-10(11)16-14-13(15(19)20)18-9-5-4-8-12(18)17-14/h2-9,16H,1H3,(H,19,20). The molecule has 3 rings (SSSR count). The molecule has 0 aliphatic rings. The van der Waals surface area contributed by atoms with Crippen LogP contribution in [0.1, 0.15) is 10.5 Å². The highest BCUT2D eigenvalue weighted by Gasteiger charge is 2.19. The lowest BCUT2D eigenvalue weighted by Gasteiger charge is -2.08. The van der Waals surface area contributed by atoms with Gasteiger partial charge in [0, 0.05) is 11.1 Å². The van der Waals surface area contributed by atoms with E-state index in [1.165, 1.54) is 0 Å². The molecule has 106 valence electrons. The minimum Gasteiger partial charge on any atom is -0.476 e. The summed E-state index contributed by atoms with van der Waals surface area (Å²) in [7, 11) is 0. The first-order valence-electron chi connectivity index (χ1n) is 6.31. The van der Waals surface area contributed by atoms with Crippen LogP contribution >= 0.6 is 11.8 Å². The summed E-state index contributed by atoms with van der Waals surface area (Å²) in [5.41, 5.74) is 1.57. The van der Waals surface area contributed by atoms with Crippen molar-refractivity contribution in [2.75, 3.05) is 11.6 Å². The van der Waals surface area contributed by atoms with E-state index in [2.05, 4.69) is 10.3 Å². The molecule has 0 atom stereocenters. The van der Waals surface area contributed by atoms with Gasteiger partial charge in [0.1, 0.15) is 5.65 Å². The molecule has 21 heavy (non-hydrogen) atoms. The van der Waals surface area contributed by atoms with Crippen LogP contribution in [-0.4, -0.2) is 26.7 Å². The Morgan fingerprint density at radius 1 is 1.24 bits per heavy atom. The van der Waals surface area contributed by atoms with E-state index in [1.807, 2.05) is 36.6 Å². The molecule has 3 aromatic rings. The van der Waals surface area contributed by atoms with Gasteiger partial charge in [0.2, 0.25) is 0 Å². The van der Waals surface area contributed by atoms with Crippen molar-refractivity contribution in [3.8, 4) is 0 Å². The fraction of sp³-hybridized carbons (Fsp3) is 0.0667. The maximum atomic E-state index is 11.5. The molecule has 0 amide bonds. The number of thioether (sulfide) groups is 1. The highest BCUT2D eigenvalue weighted by molar-refractivity contribution is 7.98. The number of pyridine rings is 1. The van der Waals surface area contributed by atoms with Crippen molar-refractivity contribution in [3.63, 3.8) is 0 Å². The summed E-state index contributed by atoms with van der Waals surface area (Å²) in [5, 5.41) is 12.6. The summed E-state index contributed by atoms with van der Waals surface area (Å²) in [5.74, 6) is -0.673. The van der Waals surface area contributed by atoms with Gasteiger partial charge in [-0.05, 0) is 30.5 Å². The number of aromatic carboxylic acids is 1. The molecular weight excluding hydrogens is 286 g/mol. The molecule has 0 aliphatic carbocycles. The molecule has 5 nitrogen and oxygen atoms in total. The monoisotopic (exact) mass is 299 g/mol. The zero-order valence-electron chi connectivity index (χ0n) is 11.3. The molecule has 2 N–H and O–H groups in total. The van der Waals surface area contributed by atoms with Crippen molar-refractivity contribution in [1.82, 2.24) is 9.38 Å². The van der Waals surface area contributed by atoms with Crippen molar-refractivity contribution in [2.24, 2.45) is 0 Å². The topological polar surface area (TPSA) is 66.6 Å². The number of nitrogens with zero attached hydrogens (tertiary/aromatic N) is 2. The lowest BCUT2D eigenvalue weighted by atomic mass is 10.3. The van der Waals surface area contributed by atoms with Crippen molar-refractivity contribution in [1.29, 1.82) is 0 Å². The third-order valence-corrected chi connectivity index (χ3v) is 3.89. The first kappa shape index (κ1) is 13.5. The van der Waals surface area contributed by atoms with Gasteiger partial charge in [0.15, 0.2) is 11.5 Å². The number of benzene rings is 1. The fourth-order valence-corrected chi connectivity index (χ4v) is 2.72. The molecule has 1 aromatic carbocycles. The van der Waals surface area contributed by atoms with Crippen LogP contribution in [-0.2, 0) is 0 Å². The van der Waals surface area contributed by atoms with E-state index in [0.717, 1.165) is 10.6 Å². The highest BCUT2D eigenvalue weighted by atomic mass is 32.2. The van der Waals surface area contributed by atoms with Gasteiger partial charge in [-0.1, -0.05) is 18.2 Å². The summed E-state index contributed by atoms with van der Waals surface area (Å²) in [4.78, 5) is 16.9. The van der Waals surface area contributed by atoms with Crippen LogP contribution < -0.4 is 5.32 Å². The molecule has 0 fully saturated rings. The zero-order valence-corrected chi connectivity index (χ0v) is 12.1. The Morgan fingerprint density at radius 3 is 2.76 bits per heavy atom. The van der Waals surface area contributed by atoms with Crippen LogP contribution in [0.4, 0.5) is 11.5 Å². The number of rotatable bonds is 4. The first-order valence-corrected chi connectivity index (χ1v) is 7.53. The Hall–Kier alpha value is -2.47. The molecule has 6 heteroatoms. The van der Waals surface area contributed by atoms with E-state index in [1.54, 1.807) is 34.5 Å². The molecule has 0 aliphatic heterocycles. The zero-order chi connectivity index (χ0) is 14.8. The van der Waals surface area contributed by atoms with E-state index in [4.69, 9.17) is 0 Å². The number of anilines is 2. The van der Waals surface area contributed by atoms with E-state index < -0.39 is 5.97 Å². The average Bonchev–Trinajstić information content (AvgIpc) is 2.85. The second-order valence-electron chi connectivity index (χ2n) is 4.37. The Bertz CT molecular complexity index is 814. The number of carboxylic acid groups (broad SMARTS) is 1. The van der Waals surface area contributed by atoms with Gasteiger partial charge in [-0.15, -0.1) is 11.8 Å². The minimum absolute atomic E-state index is 0.126. The Balaban J connectivity index is 2.12. The number of nitrogens with one attached hydrogen (secondary N) is 1. The molecule has 0 radical (unpaired) electrons. The van der Waals surface area contributed by atoms with Crippen LogP contribution in [0.15, 0.2) is 53.6 Å². The third-order valence-electron chi connectivity index (χ3n) is 3.09. The molecule has 0 spiro atoms.